The maximum Gasteiger partial charge on any atom is 0.337 e. The summed E-state index contributed by atoms with van der Waals surface area (Å²) in [5.74, 6) is 0.423. The molecule has 3 rings (SSSR count). The molecule has 2 N–H and O–H groups in total. The van der Waals surface area contributed by atoms with Gasteiger partial charge in [0, 0.05) is 0 Å². The number of hydrogen-bond acceptors (Lipinski definition) is 6. The van der Waals surface area contributed by atoms with E-state index in [9.17, 15) is 9.59 Å². The van der Waals surface area contributed by atoms with Gasteiger partial charge in [0.15, 0.2) is 16.6 Å². The van der Waals surface area contributed by atoms with E-state index in [4.69, 9.17) is 21.7 Å². The number of esters is 1. The Bertz CT molecular complexity index is 954. The van der Waals surface area contributed by atoms with Crippen molar-refractivity contribution in [1.29, 1.82) is 0 Å². The number of thiocarbonyl (C=S) groups is 1. The Morgan fingerprint density at radius 1 is 1.07 bits per heavy atom. The van der Waals surface area contributed by atoms with Crippen LogP contribution in [0.3, 0.4) is 0 Å². The van der Waals surface area contributed by atoms with Gasteiger partial charge < -0.3 is 19.5 Å². The number of carbonyl (C=O) groups excluding carboxylic acids is 2. The van der Waals surface area contributed by atoms with Gasteiger partial charge in [-0.15, -0.1) is 0 Å². The van der Waals surface area contributed by atoms with E-state index in [1.165, 1.54) is 7.11 Å². The van der Waals surface area contributed by atoms with Gasteiger partial charge in [0.25, 0.3) is 5.91 Å². The minimum absolute atomic E-state index is 0.278. The zero-order chi connectivity index (χ0) is 20.1. The van der Waals surface area contributed by atoms with Crippen molar-refractivity contribution >= 4 is 35.3 Å². The first-order valence-electron chi connectivity index (χ1n) is 8.32. The van der Waals surface area contributed by atoms with Crippen molar-refractivity contribution in [1.82, 2.24) is 10.6 Å². The fourth-order valence-electron chi connectivity index (χ4n) is 2.56. The number of carbonyl (C=O) groups is 2. The summed E-state index contributed by atoms with van der Waals surface area (Å²) in [4.78, 5) is 23.2. The van der Waals surface area contributed by atoms with Crippen LogP contribution >= 0.6 is 12.2 Å². The molecule has 0 aliphatic carbocycles. The first-order valence-corrected chi connectivity index (χ1v) is 8.73. The number of nitrogens with one attached hydrogen (secondary N) is 2. The Hall–Kier alpha value is -3.39. The fraction of sp³-hybridized carbons (Fsp3) is 0.150. The van der Waals surface area contributed by atoms with E-state index in [2.05, 4.69) is 15.4 Å². The zero-order valence-corrected chi connectivity index (χ0v) is 16.1. The third-order valence-corrected chi connectivity index (χ3v) is 4.19. The van der Waals surface area contributed by atoms with Crippen LogP contribution in [0, 0.1) is 0 Å². The molecule has 0 atom stereocenters. The molecule has 1 heterocycles. The minimum atomic E-state index is -0.384. The van der Waals surface area contributed by atoms with Gasteiger partial charge >= 0.3 is 5.97 Å². The van der Waals surface area contributed by atoms with Crippen molar-refractivity contribution in [3.8, 4) is 11.5 Å². The van der Waals surface area contributed by atoms with E-state index in [1.54, 1.807) is 49.6 Å². The van der Waals surface area contributed by atoms with Crippen LogP contribution in [0.1, 0.15) is 21.5 Å². The maximum absolute atomic E-state index is 11.7. The first kappa shape index (κ1) is 19.4. The molecule has 0 saturated carbocycles. The van der Waals surface area contributed by atoms with Gasteiger partial charge in [-0.25, -0.2) is 4.79 Å². The highest BCUT2D eigenvalue weighted by atomic mass is 32.1. The van der Waals surface area contributed by atoms with Crippen LogP contribution in [0.2, 0.25) is 0 Å². The number of hydrogen-bond donors (Lipinski definition) is 2. The summed E-state index contributed by atoms with van der Waals surface area (Å²) < 4.78 is 15.9. The number of amides is 1. The smallest absolute Gasteiger partial charge is 0.337 e. The second-order valence-electron chi connectivity index (χ2n) is 5.85. The SMILES string of the molecule is COC(=O)c1ccc(COc2ccc(/C=C3\NC(=S)NC3=O)cc2OC)cc1. The summed E-state index contributed by atoms with van der Waals surface area (Å²) in [7, 11) is 2.88. The van der Waals surface area contributed by atoms with Crippen LogP contribution in [-0.2, 0) is 16.1 Å². The topological polar surface area (TPSA) is 85.9 Å². The number of rotatable bonds is 6. The van der Waals surface area contributed by atoms with Gasteiger partial charge in [-0.1, -0.05) is 18.2 Å². The Labute approximate surface area is 167 Å². The van der Waals surface area contributed by atoms with Crippen molar-refractivity contribution in [3.05, 3.63) is 64.9 Å². The molecule has 0 radical (unpaired) electrons. The average molecular weight is 398 g/mol. The maximum atomic E-state index is 11.7. The molecule has 0 spiro atoms. The lowest BCUT2D eigenvalue weighted by molar-refractivity contribution is -0.115. The lowest BCUT2D eigenvalue weighted by atomic mass is 10.1. The molecule has 1 saturated heterocycles. The van der Waals surface area contributed by atoms with Gasteiger partial charge in [0.1, 0.15) is 12.3 Å². The van der Waals surface area contributed by atoms with Crippen molar-refractivity contribution in [2.24, 2.45) is 0 Å². The van der Waals surface area contributed by atoms with E-state index in [1.807, 2.05) is 6.07 Å². The summed E-state index contributed by atoms with van der Waals surface area (Å²) in [6.07, 6.45) is 1.67. The summed E-state index contributed by atoms with van der Waals surface area (Å²) >= 11 is 4.91. The summed E-state index contributed by atoms with van der Waals surface area (Å²) in [6, 6.07) is 12.3. The molecule has 144 valence electrons. The van der Waals surface area contributed by atoms with E-state index < -0.39 is 0 Å². The predicted octanol–water partition coefficient (Wildman–Crippen LogP) is 2.41. The molecular weight excluding hydrogens is 380 g/mol. The van der Waals surface area contributed by atoms with Gasteiger partial charge in [-0.2, -0.15) is 0 Å². The van der Waals surface area contributed by atoms with Crippen molar-refractivity contribution in [2.75, 3.05) is 14.2 Å². The van der Waals surface area contributed by atoms with E-state index in [0.29, 0.717) is 29.4 Å². The Morgan fingerprint density at radius 3 is 2.43 bits per heavy atom. The highest BCUT2D eigenvalue weighted by molar-refractivity contribution is 7.80. The normalized spacial score (nSPS) is 14.4. The lowest BCUT2D eigenvalue weighted by Gasteiger charge is -2.12. The zero-order valence-electron chi connectivity index (χ0n) is 15.3. The molecule has 2 aromatic carbocycles. The second-order valence-corrected chi connectivity index (χ2v) is 6.26. The van der Waals surface area contributed by atoms with Crippen LogP contribution in [-0.4, -0.2) is 31.2 Å². The highest BCUT2D eigenvalue weighted by Gasteiger charge is 2.20. The third kappa shape index (κ3) is 4.47. The van der Waals surface area contributed by atoms with Gasteiger partial charge in [-0.3, -0.25) is 10.1 Å². The van der Waals surface area contributed by atoms with Gasteiger partial charge in [0.05, 0.1) is 19.8 Å². The predicted molar refractivity (Wildman–Crippen MR) is 107 cm³/mol. The molecule has 0 bridgehead atoms. The van der Waals surface area contributed by atoms with Crippen LogP contribution in [0.4, 0.5) is 0 Å². The molecule has 1 amide bonds. The lowest BCUT2D eigenvalue weighted by Crippen LogP contribution is -2.21. The van der Waals surface area contributed by atoms with Crippen molar-refractivity contribution in [3.63, 3.8) is 0 Å². The van der Waals surface area contributed by atoms with Crippen LogP contribution < -0.4 is 20.1 Å². The summed E-state index contributed by atoms with van der Waals surface area (Å²) in [5, 5.41) is 5.58. The quantitative estimate of drug-likeness (QED) is 0.439. The third-order valence-electron chi connectivity index (χ3n) is 3.99. The average Bonchev–Trinajstić information content (AvgIpc) is 3.03. The minimum Gasteiger partial charge on any atom is -0.493 e. The van der Waals surface area contributed by atoms with Crippen LogP contribution in [0.15, 0.2) is 48.2 Å². The van der Waals surface area contributed by atoms with Crippen LogP contribution in [0.5, 0.6) is 11.5 Å². The molecule has 28 heavy (non-hydrogen) atoms. The second kappa shape index (κ2) is 8.53. The van der Waals surface area contributed by atoms with Crippen molar-refractivity contribution in [2.45, 2.75) is 6.61 Å². The number of benzene rings is 2. The van der Waals surface area contributed by atoms with Gasteiger partial charge in [-0.05, 0) is 53.7 Å². The largest absolute Gasteiger partial charge is 0.493 e. The molecule has 0 unspecified atom stereocenters. The molecule has 0 aromatic heterocycles. The number of ether oxygens (including phenoxy) is 3. The molecule has 1 aliphatic heterocycles. The molecule has 8 heteroatoms. The van der Waals surface area contributed by atoms with E-state index in [-0.39, 0.29) is 17.0 Å². The van der Waals surface area contributed by atoms with E-state index in [0.717, 1.165) is 11.1 Å². The fourth-order valence-corrected chi connectivity index (χ4v) is 2.76. The Balaban J connectivity index is 1.71. The molecular formula is C20H18N2O5S. The summed E-state index contributed by atoms with van der Waals surface area (Å²) in [6.45, 7) is 0.302. The summed E-state index contributed by atoms with van der Waals surface area (Å²) in [5.41, 5.74) is 2.49. The highest BCUT2D eigenvalue weighted by Crippen LogP contribution is 2.29. The van der Waals surface area contributed by atoms with Crippen LogP contribution in [0.25, 0.3) is 6.08 Å². The van der Waals surface area contributed by atoms with Crippen molar-refractivity contribution < 1.29 is 23.8 Å². The van der Waals surface area contributed by atoms with Gasteiger partial charge in [0.2, 0.25) is 0 Å². The molecule has 2 aromatic rings. The first-order chi connectivity index (χ1) is 13.5. The molecule has 7 nitrogen and oxygen atoms in total. The number of methoxy groups -OCH3 is 2. The van der Waals surface area contributed by atoms with E-state index >= 15 is 0 Å². The Kier molecular flexibility index (Phi) is 5.90. The Morgan fingerprint density at radius 2 is 1.82 bits per heavy atom. The standard InChI is InChI=1S/C20H18N2O5S/c1-25-17-10-13(9-15-18(23)22-20(28)21-15)5-8-16(17)27-11-12-3-6-14(7-4-12)19(24)26-2/h3-10H,11H2,1-2H3,(H2,21,22,23,28)/b15-9-. The molecule has 1 fully saturated rings. The monoisotopic (exact) mass is 398 g/mol. The molecule has 1 aliphatic rings.